The van der Waals surface area contributed by atoms with Gasteiger partial charge in [-0.15, -0.1) is 11.8 Å². The first-order valence-electron chi connectivity index (χ1n) is 7.75. The number of rotatable bonds is 3. The second-order valence-corrected chi connectivity index (χ2v) is 7.92. The smallest absolute Gasteiger partial charge is 0.225 e. The highest BCUT2D eigenvalue weighted by Gasteiger charge is 2.52. The molecule has 0 aromatic carbocycles. The van der Waals surface area contributed by atoms with Crippen molar-refractivity contribution in [3.05, 3.63) is 24.4 Å². The fraction of sp³-hybridized carbons (Fsp3) is 0.625. The molecule has 4 rings (SSSR count). The Morgan fingerprint density at radius 1 is 1.38 bits per heavy atom. The van der Waals surface area contributed by atoms with Crippen LogP contribution < -0.4 is 4.74 Å². The summed E-state index contributed by atoms with van der Waals surface area (Å²) in [5.74, 6) is 2.43. The highest BCUT2D eigenvalue weighted by molar-refractivity contribution is 8.01. The first-order chi connectivity index (χ1) is 10.2. The highest BCUT2D eigenvalue weighted by Crippen LogP contribution is 2.47. The minimum atomic E-state index is 0.228. The molecule has 0 radical (unpaired) electrons. The lowest BCUT2D eigenvalue weighted by Crippen LogP contribution is -2.62. The quantitative estimate of drug-likeness (QED) is 0.859. The van der Waals surface area contributed by atoms with Gasteiger partial charge in [0.05, 0.1) is 4.75 Å². The normalized spacial score (nSPS) is 27.2. The SMILES string of the molecule is O=C(C1CCC1)N1CC2(CC(Oc3ccccn3)CS2)C1. The Labute approximate surface area is 129 Å². The van der Waals surface area contributed by atoms with Crippen LogP contribution in [0.2, 0.25) is 0 Å². The Bertz CT molecular complexity index is 526. The number of hydrogen-bond donors (Lipinski definition) is 0. The third-order valence-corrected chi connectivity index (χ3v) is 6.40. The first-order valence-corrected chi connectivity index (χ1v) is 8.73. The van der Waals surface area contributed by atoms with E-state index in [4.69, 9.17) is 4.74 Å². The molecule has 1 amide bonds. The summed E-state index contributed by atoms with van der Waals surface area (Å²) in [4.78, 5) is 18.5. The van der Waals surface area contributed by atoms with E-state index in [9.17, 15) is 4.79 Å². The van der Waals surface area contributed by atoms with Gasteiger partial charge in [0.15, 0.2) is 0 Å². The number of carbonyl (C=O) groups excluding carboxylic acids is 1. The van der Waals surface area contributed by atoms with Crippen molar-refractivity contribution in [1.82, 2.24) is 9.88 Å². The first kappa shape index (κ1) is 13.4. The maximum absolute atomic E-state index is 12.2. The van der Waals surface area contributed by atoms with Crippen LogP contribution in [0.25, 0.3) is 0 Å². The number of aromatic nitrogens is 1. The molecule has 1 unspecified atom stereocenters. The maximum Gasteiger partial charge on any atom is 0.225 e. The number of likely N-dealkylation sites (tertiary alicyclic amines) is 1. The van der Waals surface area contributed by atoms with Crippen LogP contribution in [0.3, 0.4) is 0 Å². The molecule has 0 bridgehead atoms. The monoisotopic (exact) mass is 304 g/mol. The van der Waals surface area contributed by atoms with Crippen LogP contribution in [-0.4, -0.2) is 45.5 Å². The fourth-order valence-corrected chi connectivity index (χ4v) is 4.93. The number of carbonyl (C=O) groups is 1. The second kappa shape index (κ2) is 5.20. The molecule has 1 saturated carbocycles. The van der Waals surface area contributed by atoms with E-state index >= 15 is 0 Å². The van der Waals surface area contributed by atoms with Gasteiger partial charge < -0.3 is 9.64 Å². The molecule has 1 aromatic heterocycles. The summed E-state index contributed by atoms with van der Waals surface area (Å²) in [6, 6.07) is 5.75. The van der Waals surface area contributed by atoms with Gasteiger partial charge in [-0.3, -0.25) is 4.79 Å². The van der Waals surface area contributed by atoms with E-state index in [1.807, 2.05) is 30.0 Å². The minimum absolute atomic E-state index is 0.228. The van der Waals surface area contributed by atoms with Crippen molar-refractivity contribution in [2.24, 2.45) is 5.92 Å². The van der Waals surface area contributed by atoms with Gasteiger partial charge in [-0.05, 0) is 18.9 Å². The molecule has 1 spiro atoms. The Kier molecular flexibility index (Phi) is 3.32. The molecule has 1 aromatic rings. The van der Waals surface area contributed by atoms with Gasteiger partial charge in [-0.25, -0.2) is 4.98 Å². The van der Waals surface area contributed by atoms with Crippen molar-refractivity contribution in [1.29, 1.82) is 0 Å². The van der Waals surface area contributed by atoms with Gasteiger partial charge in [0.1, 0.15) is 6.10 Å². The lowest BCUT2D eigenvalue weighted by Gasteiger charge is -2.49. The summed E-state index contributed by atoms with van der Waals surface area (Å²) in [6.45, 7) is 1.82. The predicted octanol–water partition coefficient (Wildman–Crippen LogP) is 2.35. The molecule has 3 heterocycles. The van der Waals surface area contributed by atoms with Crippen molar-refractivity contribution < 1.29 is 9.53 Å². The zero-order chi connectivity index (χ0) is 14.3. The number of ether oxygens (including phenoxy) is 1. The molecule has 112 valence electrons. The number of pyridine rings is 1. The van der Waals surface area contributed by atoms with Crippen LogP contribution in [-0.2, 0) is 4.79 Å². The molecular weight excluding hydrogens is 284 g/mol. The van der Waals surface area contributed by atoms with E-state index in [0.717, 1.165) is 38.1 Å². The third kappa shape index (κ3) is 2.52. The third-order valence-electron chi connectivity index (χ3n) is 4.82. The summed E-state index contributed by atoms with van der Waals surface area (Å²) in [7, 11) is 0. The molecule has 5 heteroatoms. The number of hydrogen-bond acceptors (Lipinski definition) is 4. The van der Waals surface area contributed by atoms with Crippen LogP contribution >= 0.6 is 11.8 Å². The summed E-state index contributed by atoms with van der Waals surface area (Å²) in [6.07, 6.45) is 6.44. The number of thioether (sulfide) groups is 1. The average molecular weight is 304 g/mol. The number of amides is 1. The topological polar surface area (TPSA) is 42.4 Å². The Morgan fingerprint density at radius 2 is 2.24 bits per heavy atom. The highest BCUT2D eigenvalue weighted by atomic mass is 32.2. The van der Waals surface area contributed by atoms with Crippen LogP contribution in [0, 0.1) is 5.92 Å². The lowest BCUT2D eigenvalue weighted by atomic mass is 9.82. The van der Waals surface area contributed by atoms with Crippen molar-refractivity contribution >= 4 is 17.7 Å². The van der Waals surface area contributed by atoms with Crippen molar-refractivity contribution in [2.75, 3.05) is 18.8 Å². The van der Waals surface area contributed by atoms with E-state index in [-0.39, 0.29) is 10.9 Å². The molecule has 2 aliphatic heterocycles. The molecule has 3 aliphatic rings. The average Bonchev–Trinajstić information content (AvgIpc) is 2.80. The van der Waals surface area contributed by atoms with Gasteiger partial charge in [0.2, 0.25) is 11.8 Å². The standard InChI is InChI=1S/C16H20N2O2S/c19-15(12-4-3-5-12)18-10-16(11-18)8-13(9-21-16)20-14-6-1-2-7-17-14/h1-2,6-7,12-13H,3-5,8-11H2. The molecule has 0 N–H and O–H groups in total. The van der Waals surface area contributed by atoms with Gasteiger partial charge in [0.25, 0.3) is 0 Å². The molecule has 21 heavy (non-hydrogen) atoms. The molecule has 1 aliphatic carbocycles. The Hall–Kier alpha value is -1.23. The van der Waals surface area contributed by atoms with E-state index in [0.29, 0.717) is 17.7 Å². The van der Waals surface area contributed by atoms with Gasteiger partial charge in [-0.2, -0.15) is 0 Å². The van der Waals surface area contributed by atoms with Crippen molar-refractivity contribution in [2.45, 2.75) is 36.5 Å². The van der Waals surface area contributed by atoms with E-state index in [1.54, 1.807) is 6.20 Å². The molecular formula is C16H20N2O2S. The largest absolute Gasteiger partial charge is 0.473 e. The molecule has 3 fully saturated rings. The van der Waals surface area contributed by atoms with Crippen molar-refractivity contribution in [3.63, 3.8) is 0 Å². The zero-order valence-electron chi connectivity index (χ0n) is 12.0. The summed E-state index contributed by atoms with van der Waals surface area (Å²) in [5, 5.41) is 0. The predicted molar refractivity (Wildman–Crippen MR) is 82.4 cm³/mol. The van der Waals surface area contributed by atoms with Crippen molar-refractivity contribution in [3.8, 4) is 5.88 Å². The van der Waals surface area contributed by atoms with E-state index < -0.39 is 0 Å². The van der Waals surface area contributed by atoms with E-state index in [1.165, 1.54) is 6.42 Å². The summed E-state index contributed by atoms with van der Waals surface area (Å²) >= 11 is 1.97. The maximum atomic E-state index is 12.2. The Morgan fingerprint density at radius 3 is 2.90 bits per heavy atom. The molecule has 1 atom stereocenters. The van der Waals surface area contributed by atoms with Gasteiger partial charge >= 0.3 is 0 Å². The van der Waals surface area contributed by atoms with Crippen LogP contribution in [0.5, 0.6) is 5.88 Å². The second-order valence-electron chi connectivity index (χ2n) is 6.43. The fourth-order valence-electron chi connectivity index (χ4n) is 3.40. The van der Waals surface area contributed by atoms with Crippen LogP contribution in [0.15, 0.2) is 24.4 Å². The van der Waals surface area contributed by atoms with Gasteiger partial charge in [-0.1, -0.05) is 12.5 Å². The minimum Gasteiger partial charge on any atom is -0.473 e. The van der Waals surface area contributed by atoms with Crippen LogP contribution in [0.1, 0.15) is 25.7 Å². The van der Waals surface area contributed by atoms with Crippen LogP contribution in [0.4, 0.5) is 0 Å². The summed E-state index contributed by atoms with van der Waals surface area (Å²) < 4.78 is 6.20. The number of nitrogens with zero attached hydrogens (tertiary/aromatic N) is 2. The zero-order valence-corrected chi connectivity index (χ0v) is 12.8. The van der Waals surface area contributed by atoms with E-state index in [2.05, 4.69) is 9.88 Å². The van der Waals surface area contributed by atoms with Gasteiger partial charge in [0, 0.05) is 43.4 Å². The molecule has 2 saturated heterocycles. The Balaban J connectivity index is 1.30. The summed E-state index contributed by atoms with van der Waals surface area (Å²) in [5.41, 5.74) is 0. The lowest BCUT2D eigenvalue weighted by molar-refractivity contribution is -0.143. The molecule has 4 nitrogen and oxygen atoms in total.